The predicted octanol–water partition coefficient (Wildman–Crippen LogP) is 4.15. The summed E-state index contributed by atoms with van der Waals surface area (Å²) in [6.45, 7) is 5.68. The standard InChI is InChI=1S/C23H27BrN2O4S/c1-3-30-22-7-5-20(14-16(22)2)31(28,29)25-11-8-17(9-12-25)23(27)26-13-10-18-15-19(24)4-6-21(18)26/h4-7,14-15,17H,3,8-13H2,1-2H3. The van der Waals surface area contributed by atoms with Gasteiger partial charge in [-0.25, -0.2) is 8.42 Å². The van der Waals surface area contributed by atoms with Crippen molar-refractivity contribution in [1.29, 1.82) is 0 Å². The lowest BCUT2D eigenvalue weighted by Crippen LogP contribution is -2.44. The van der Waals surface area contributed by atoms with E-state index in [0.29, 0.717) is 44.8 Å². The number of aryl methyl sites for hydroxylation is 1. The topological polar surface area (TPSA) is 66.9 Å². The number of halogens is 1. The van der Waals surface area contributed by atoms with Crippen LogP contribution in [0.4, 0.5) is 5.69 Å². The molecule has 0 bridgehead atoms. The molecule has 0 spiro atoms. The number of carbonyl (C=O) groups is 1. The van der Waals surface area contributed by atoms with Crippen molar-refractivity contribution in [2.45, 2.75) is 38.0 Å². The van der Waals surface area contributed by atoms with Crippen LogP contribution in [0.25, 0.3) is 0 Å². The highest BCUT2D eigenvalue weighted by Gasteiger charge is 2.36. The Morgan fingerprint density at radius 3 is 2.55 bits per heavy atom. The van der Waals surface area contributed by atoms with Crippen LogP contribution in [0.15, 0.2) is 45.8 Å². The number of carbonyl (C=O) groups excluding carboxylic acids is 1. The molecule has 0 N–H and O–H groups in total. The van der Waals surface area contributed by atoms with E-state index in [4.69, 9.17) is 4.74 Å². The summed E-state index contributed by atoms with van der Waals surface area (Å²) >= 11 is 3.49. The molecular formula is C23H27BrN2O4S. The first kappa shape index (κ1) is 22.3. The Kier molecular flexibility index (Phi) is 6.42. The van der Waals surface area contributed by atoms with Crippen LogP contribution < -0.4 is 9.64 Å². The van der Waals surface area contributed by atoms with Gasteiger partial charge in [-0.2, -0.15) is 4.31 Å². The van der Waals surface area contributed by atoms with Crippen molar-refractivity contribution in [3.63, 3.8) is 0 Å². The number of ether oxygens (including phenoxy) is 1. The molecule has 2 aliphatic rings. The number of fused-ring (bicyclic) bond motifs is 1. The predicted molar refractivity (Wildman–Crippen MR) is 124 cm³/mol. The molecule has 2 aliphatic heterocycles. The number of hydrogen-bond acceptors (Lipinski definition) is 4. The second-order valence-corrected chi connectivity index (χ2v) is 10.9. The van der Waals surface area contributed by atoms with E-state index in [1.54, 1.807) is 18.2 Å². The molecule has 8 heteroatoms. The molecule has 1 fully saturated rings. The quantitative estimate of drug-likeness (QED) is 0.610. The molecule has 1 amide bonds. The highest BCUT2D eigenvalue weighted by molar-refractivity contribution is 9.10. The first-order chi connectivity index (χ1) is 14.8. The van der Waals surface area contributed by atoms with Gasteiger partial charge in [0, 0.05) is 35.7 Å². The average molecular weight is 507 g/mol. The molecule has 0 unspecified atom stereocenters. The van der Waals surface area contributed by atoms with Crippen LogP contribution in [-0.4, -0.2) is 44.9 Å². The zero-order valence-electron chi connectivity index (χ0n) is 17.8. The molecule has 2 aromatic rings. The van der Waals surface area contributed by atoms with Crippen molar-refractivity contribution < 1.29 is 17.9 Å². The maximum Gasteiger partial charge on any atom is 0.243 e. The van der Waals surface area contributed by atoms with E-state index in [-0.39, 0.29) is 16.7 Å². The SMILES string of the molecule is CCOc1ccc(S(=O)(=O)N2CCC(C(=O)N3CCc4cc(Br)ccc43)CC2)cc1C. The minimum absolute atomic E-state index is 0.107. The zero-order chi connectivity index (χ0) is 22.2. The smallest absolute Gasteiger partial charge is 0.243 e. The van der Waals surface area contributed by atoms with Crippen molar-refractivity contribution in [3.05, 3.63) is 52.0 Å². The van der Waals surface area contributed by atoms with Crippen molar-refractivity contribution in [2.24, 2.45) is 5.92 Å². The van der Waals surface area contributed by atoms with E-state index in [1.807, 2.05) is 30.9 Å². The highest BCUT2D eigenvalue weighted by Crippen LogP contribution is 2.34. The number of rotatable bonds is 5. The third kappa shape index (κ3) is 4.38. The number of nitrogens with zero attached hydrogens (tertiary/aromatic N) is 2. The fourth-order valence-electron chi connectivity index (χ4n) is 4.41. The van der Waals surface area contributed by atoms with Gasteiger partial charge in [0.15, 0.2) is 0 Å². The summed E-state index contributed by atoms with van der Waals surface area (Å²) in [5.41, 5.74) is 2.95. The van der Waals surface area contributed by atoms with E-state index in [0.717, 1.165) is 22.1 Å². The van der Waals surface area contributed by atoms with Crippen molar-refractivity contribution in [1.82, 2.24) is 4.31 Å². The van der Waals surface area contributed by atoms with Crippen molar-refractivity contribution in [3.8, 4) is 5.75 Å². The minimum Gasteiger partial charge on any atom is -0.494 e. The Bertz CT molecular complexity index is 1090. The normalized spacial score (nSPS) is 17.6. The Morgan fingerprint density at radius 2 is 1.87 bits per heavy atom. The number of benzene rings is 2. The van der Waals surface area contributed by atoms with Gasteiger partial charge >= 0.3 is 0 Å². The van der Waals surface area contributed by atoms with Gasteiger partial charge in [0.05, 0.1) is 11.5 Å². The van der Waals surface area contributed by atoms with Crippen LogP contribution in [0.3, 0.4) is 0 Å². The van der Waals surface area contributed by atoms with Crippen LogP contribution in [0.5, 0.6) is 5.75 Å². The van der Waals surface area contributed by atoms with Gasteiger partial charge in [-0.3, -0.25) is 4.79 Å². The van der Waals surface area contributed by atoms with Crippen LogP contribution >= 0.6 is 15.9 Å². The third-order valence-corrected chi connectivity index (χ3v) is 8.48. The maximum absolute atomic E-state index is 13.2. The molecule has 31 heavy (non-hydrogen) atoms. The van der Waals surface area contributed by atoms with Crippen LogP contribution in [0.2, 0.25) is 0 Å². The monoisotopic (exact) mass is 506 g/mol. The zero-order valence-corrected chi connectivity index (χ0v) is 20.2. The second-order valence-electron chi connectivity index (χ2n) is 8.05. The van der Waals surface area contributed by atoms with Gasteiger partial charge in [0.1, 0.15) is 5.75 Å². The number of hydrogen-bond donors (Lipinski definition) is 0. The largest absolute Gasteiger partial charge is 0.494 e. The molecular weight excluding hydrogens is 480 g/mol. The fourth-order valence-corrected chi connectivity index (χ4v) is 6.38. The lowest BCUT2D eigenvalue weighted by atomic mass is 9.96. The molecule has 0 atom stereocenters. The van der Waals surface area contributed by atoms with Crippen molar-refractivity contribution in [2.75, 3.05) is 31.1 Å². The summed E-state index contributed by atoms with van der Waals surface area (Å²) < 4.78 is 34.3. The number of sulfonamides is 1. The molecule has 0 aromatic heterocycles. The van der Waals surface area contributed by atoms with Gasteiger partial charge in [0.2, 0.25) is 15.9 Å². The molecule has 6 nitrogen and oxygen atoms in total. The highest BCUT2D eigenvalue weighted by atomic mass is 79.9. The van der Waals surface area contributed by atoms with E-state index >= 15 is 0 Å². The molecule has 2 heterocycles. The van der Waals surface area contributed by atoms with Gasteiger partial charge in [-0.1, -0.05) is 15.9 Å². The van der Waals surface area contributed by atoms with E-state index in [1.165, 1.54) is 9.87 Å². The van der Waals surface area contributed by atoms with Gasteiger partial charge in [-0.15, -0.1) is 0 Å². The van der Waals surface area contributed by atoms with E-state index in [2.05, 4.69) is 22.0 Å². The number of anilines is 1. The summed E-state index contributed by atoms with van der Waals surface area (Å²) in [5.74, 6) is 0.654. The van der Waals surface area contributed by atoms with Crippen LogP contribution in [0.1, 0.15) is 30.9 Å². The van der Waals surface area contributed by atoms with Gasteiger partial charge in [0.25, 0.3) is 0 Å². The minimum atomic E-state index is -3.59. The molecule has 0 aliphatic carbocycles. The maximum atomic E-state index is 13.2. The molecule has 1 saturated heterocycles. The lowest BCUT2D eigenvalue weighted by molar-refractivity contribution is -0.123. The Hall–Kier alpha value is -1.90. The van der Waals surface area contributed by atoms with E-state index in [9.17, 15) is 13.2 Å². The van der Waals surface area contributed by atoms with Gasteiger partial charge in [-0.05, 0) is 80.6 Å². The first-order valence-corrected chi connectivity index (χ1v) is 12.9. The number of amides is 1. The Morgan fingerprint density at radius 1 is 1.13 bits per heavy atom. The van der Waals surface area contributed by atoms with Gasteiger partial charge < -0.3 is 9.64 Å². The molecule has 166 valence electrons. The van der Waals surface area contributed by atoms with E-state index < -0.39 is 10.0 Å². The summed E-state index contributed by atoms with van der Waals surface area (Å²) in [4.78, 5) is 15.3. The van der Waals surface area contributed by atoms with Crippen LogP contribution in [-0.2, 0) is 21.2 Å². The summed E-state index contributed by atoms with van der Waals surface area (Å²) in [6, 6.07) is 11.0. The van der Waals surface area contributed by atoms with Crippen molar-refractivity contribution >= 4 is 37.5 Å². The molecule has 4 rings (SSSR count). The second kappa shape index (κ2) is 8.92. The molecule has 0 saturated carbocycles. The Balaban J connectivity index is 1.43. The summed E-state index contributed by atoms with van der Waals surface area (Å²) in [5, 5.41) is 0. The van der Waals surface area contributed by atoms with Crippen LogP contribution in [0, 0.1) is 12.8 Å². The first-order valence-electron chi connectivity index (χ1n) is 10.6. The summed E-state index contributed by atoms with van der Waals surface area (Å²) in [6.07, 6.45) is 1.93. The number of piperidine rings is 1. The third-order valence-electron chi connectivity index (χ3n) is 6.09. The molecule has 2 aromatic carbocycles. The summed E-state index contributed by atoms with van der Waals surface area (Å²) in [7, 11) is -3.59. The Labute approximate surface area is 192 Å². The average Bonchev–Trinajstić information content (AvgIpc) is 3.17. The lowest BCUT2D eigenvalue weighted by Gasteiger charge is -2.32. The fraction of sp³-hybridized carbons (Fsp3) is 0.435. The molecule has 0 radical (unpaired) electrons.